The summed E-state index contributed by atoms with van der Waals surface area (Å²) in [6.07, 6.45) is 1.93. The van der Waals surface area contributed by atoms with Crippen molar-refractivity contribution in [1.29, 1.82) is 0 Å². The van der Waals surface area contributed by atoms with E-state index >= 15 is 0 Å². The van der Waals surface area contributed by atoms with Crippen molar-refractivity contribution in [3.05, 3.63) is 17.1 Å². The van der Waals surface area contributed by atoms with Gasteiger partial charge in [0.15, 0.2) is 0 Å². The SMILES string of the molecule is Nc1nc(C2CCNC2)nc2c1CCOC2. The molecule has 5 nitrogen and oxygen atoms in total. The van der Waals surface area contributed by atoms with Gasteiger partial charge in [-0.15, -0.1) is 0 Å². The van der Waals surface area contributed by atoms with Gasteiger partial charge in [0, 0.05) is 24.4 Å². The minimum Gasteiger partial charge on any atom is -0.383 e. The van der Waals surface area contributed by atoms with Crippen molar-refractivity contribution in [2.45, 2.75) is 25.4 Å². The fourth-order valence-electron chi connectivity index (χ4n) is 2.36. The second-order valence-corrected chi connectivity index (χ2v) is 4.38. The van der Waals surface area contributed by atoms with Crippen LogP contribution >= 0.6 is 0 Å². The second-order valence-electron chi connectivity index (χ2n) is 4.38. The summed E-state index contributed by atoms with van der Waals surface area (Å²) in [5.74, 6) is 1.94. The van der Waals surface area contributed by atoms with E-state index in [1.54, 1.807) is 0 Å². The first-order chi connectivity index (χ1) is 7.84. The Hall–Kier alpha value is -1.20. The number of rotatable bonds is 1. The van der Waals surface area contributed by atoms with E-state index in [0.29, 0.717) is 18.3 Å². The van der Waals surface area contributed by atoms with Gasteiger partial charge in [-0.3, -0.25) is 0 Å². The Bertz CT molecular complexity index is 401. The van der Waals surface area contributed by atoms with Gasteiger partial charge in [-0.2, -0.15) is 0 Å². The predicted octanol–water partition coefficient (Wildman–Crippen LogP) is 0.208. The van der Waals surface area contributed by atoms with Crippen molar-refractivity contribution >= 4 is 5.82 Å². The highest BCUT2D eigenvalue weighted by atomic mass is 16.5. The van der Waals surface area contributed by atoms with Crippen molar-refractivity contribution in [1.82, 2.24) is 15.3 Å². The third-order valence-electron chi connectivity index (χ3n) is 3.30. The maximum absolute atomic E-state index is 5.98. The lowest BCUT2D eigenvalue weighted by atomic mass is 10.1. The molecular formula is C11H16N4O. The molecule has 1 saturated heterocycles. The van der Waals surface area contributed by atoms with E-state index in [0.717, 1.165) is 49.6 Å². The topological polar surface area (TPSA) is 73.1 Å². The van der Waals surface area contributed by atoms with E-state index in [1.165, 1.54) is 0 Å². The summed E-state index contributed by atoms with van der Waals surface area (Å²) in [5, 5.41) is 3.32. The first kappa shape index (κ1) is 9.99. The molecule has 0 amide bonds. The van der Waals surface area contributed by atoms with Crippen LogP contribution in [0.5, 0.6) is 0 Å². The Balaban J connectivity index is 1.97. The van der Waals surface area contributed by atoms with Crippen LogP contribution in [-0.4, -0.2) is 29.7 Å². The molecule has 1 fully saturated rings. The van der Waals surface area contributed by atoms with Crippen LogP contribution in [0.2, 0.25) is 0 Å². The molecule has 1 aromatic heterocycles. The summed E-state index contributed by atoms with van der Waals surface area (Å²) >= 11 is 0. The number of hydrogen-bond acceptors (Lipinski definition) is 5. The molecule has 0 aromatic carbocycles. The lowest BCUT2D eigenvalue weighted by molar-refractivity contribution is 0.107. The Kier molecular flexibility index (Phi) is 2.49. The second kappa shape index (κ2) is 3.99. The summed E-state index contributed by atoms with van der Waals surface area (Å²) < 4.78 is 5.41. The van der Waals surface area contributed by atoms with Crippen molar-refractivity contribution in [2.24, 2.45) is 0 Å². The zero-order chi connectivity index (χ0) is 11.0. The zero-order valence-electron chi connectivity index (χ0n) is 9.20. The molecule has 0 radical (unpaired) electrons. The maximum Gasteiger partial charge on any atom is 0.135 e. The lowest BCUT2D eigenvalue weighted by Gasteiger charge is -2.19. The molecule has 0 spiro atoms. The molecule has 0 saturated carbocycles. The fourth-order valence-corrected chi connectivity index (χ4v) is 2.36. The predicted molar refractivity (Wildman–Crippen MR) is 60.0 cm³/mol. The Labute approximate surface area is 94.4 Å². The number of nitrogens with zero attached hydrogens (tertiary/aromatic N) is 2. The highest BCUT2D eigenvalue weighted by Crippen LogP contribution is 2.25. The highest BCUT2D eigenvalue weighted by molar-refractivity contribution is 5.43. The molecule has 2 aliphatic heterocycles. The first-order valence-corrected chi connectivity index (χ1v) is 5.78. The van der Waals surface area contributed by atoms with Crippen LogP contribution in [0.25, 0.3) is 0 Å². The van der Waals surface area contributed by atoms with Crippen LogP contribution in [0.15, 0.2) is 0 Å². The average Bonchev–Trinajstić information content (AvgIpc) is 2.82. The van der Waals surface area contributed by atoms with E-state index in [2.05, 4.69) is 15.3 Å². The van der Waals surface area contributed by atoms with E-state index in [-0.39, 0.29) is 0 Å². The summed E-state index contributed by atoms with van der Waals surface area (Å²) in [5.41, 5.74) is 8.05. The molecule has 3 rings (SSSR count). The van der Waals surface area contributed by atoms with E-state index < -0.39 is 0 Å². The smallest absolute Gasteiger partial charge is 0.135 e. The van der Waals surface area contributed by atoms with Gasteiger partial charge in [-0.25, -0.2) is 9.97 Å². The van der Waals surface area contributed by atoms with Gasteiger partial charge >= 0.3 is 0 Å². The molecule has 16 heavy (non-hydrogen) atoms. The van der Waals surface area contributed by atoms with Crippen LogP contribution in [0.1, 0.15) is 29.4 Å². The Morgan fingerprint density at radius 3 is 3.12 bits per heavy atom. The monoisotopic (exact) mass is 220 g/mol. The maximum atomic E-state index is 5.98. The lowest BCUT2D eigenvalue weighted by Crippen LogP contribution is -2.19. The molecule has 0 aliphatic carbocycles. The molecule has 1 unspecified atom stereocenters. The van der Waals surface area contributed by atoms with Gasteiger partial charge in [0.2, 0.25) is 0 Å². The van der Waals surface area contributed by atoms with E-state index in [1.807, 2.05) is 0 Å². The molecule has 2 aliphatic rings. The number of nitrogen functional groups attached to an aromatic ring is 1. The minimum absolute atomic E-state index is 0.412. The molecular weight excluding hydrogens is 204 g/mol. The number of fused-ring (bicyclic) bond motifs is 1. The number of nitrogens with one attached hydrogen (secondary N) is 1. The van der Waals surface area contributed by atoms with Crippen molar-refractivity contribution in [3.63, 3.8) is 0 Å². The number of ether oxygens (including phenoxy) is 1. The molecule has 0 bridgehead atoms. The van der Waals surface area contributed by atoms with Crippen molar-refractivity contribution in [3.8, 4) is 0 Å². The molecule has 1 atom stereocenters. The summed E-state index contributed by atoms with van der Waals surface area (Å²) in [7, 11) is 0. The number of hydrogen-bond donors (Lipinski definition) is 2. The van der Waals surface area contributed by atoms with Crippen molar-refractivity contribution < 1.29 is 4.74 Å². The number of aromatic nitrogens is 2. The van der Waals surface area contributed by atoms with E-state index in [4.69, 9.17) is 10.5 Å². The quantitative estimate of drug-likeness (QED) is 0.707. The number of nitrogens with two attached hydrogens (primary N) is 1. The van der Waals surface area contributed by atoms with Crippen molar-refractivity contribution in [2.75, 3.05) is 25.4 Å². The largest absolute Gasteiger partial charge is 0.383 e. The fraction of sp³-hybridized carbons (Fsp3) is 0.636. The van der Waals surface area contributed by atoms with Gasteiger partial charge in [0.05, 0.1) is 18.9 Å². The van der Waals surface area contributed by atoms with Gasteiger partial charge in [-0.1, -0.05) is 0 Å². The third kappa shape index (κ3) is 1.66. The minimum atomic E-state index is 0.412. The molecule has 5 heteroatoms. The van der Waals surface area contributed by atoms with E-state index in [9.17, 15) is 0 Å². The zero-order valence-corrected chi connectivity index (χ0v) is 9.20. The van der Waals surface area contributed by atoms with Gasteiger partial charge < -0.3 is 15.8 Å². The average molecular weight is 220 g/mol. The van der Waals surface area contributed by atoms with Crippen LogP contribution in [0, 0.1) is 0 Å². The molecule has 86 valence electrons. The number of anilines is 1. The van der Waals surface area contributed by atoms with Crippen LogP contribution in [0.3, 0.4) is 0 Å². The molecule has 1 aromatic rings. The normalized spacial score (nSPS) is 24.4. The Morgan fingerprint density at radius 2 is 2.31 bits per heavy atom. The van der Waals surface area contributed by atoms with Crippen LogP contribution < -0.4 is 11.1 Å². The molecule has 3 heterocycles. The highest BCUT2D eigenvalue weighted by Gasteiger charge is 2.23. The summed E-state index contributed by atoms with van der Waals surface area (Å²) in [6, 6.07) is 0. The first-order valence-electron chi connectivity index (χ1n) is 5.78. The molecule has 3 N–H and O–H groups in total. The summed E-state index contributed by atoms with van der Waals surface area (Å²) in [6.45, 7) is 3.31. The van der Waals surface area contributed by atoms with Crippen LogP contribution in [-0.2, 0) is 17.8 Å². The third-order valence-corrected chi connectivity index (χ3v) is 3.30. The Morgan fingerprint density at radius 1 is 1.38 bits per heavy atom. The van der Waals surface area contributed by atoms with Crippen LogP contribution in [0.4, 0.5) is 5.82 Å². The van der Waals surface area contributed by atoms with Gasteiger partial charge in [-0.05, 0) is 13.0 Å². The standard InChI is InChI=1S/C11H16N4O/c12-10-8-2-4-16-6-9(8)14-11(15-10)7-1-3-13-5-7/h7,13H,1-6H2,(H2,12,14,15). The summed E-state index contributed by atoms with van der Waals surface area (Å²) in [4.78, 5) is 9.04. The van der Waals surface area contributed by atoms with Gasteiger partial charge in [0.25, 0.3) is 0 Å². The van der Waals surface area contributed by atoms with Gasteiger partial charge in [0.1, 0.15) is 11.6 Å².